The number of nitrogens with two attached hydrogens (primary N) is 1. The number of rotatable bonds is 5. The molecule has 0 radical (unpaired) electrons. The van der Waals surface area contributed by atoms with Crippen molar-refractivity contribution in [2.24, 2.45) is 5.73 Å². The molecule has 1 aliphatic heterocycles. The summed E-state index contributed by atoms with van der Waals surface area (Å²) in [5.41, 5.74) is 9.36. The van der Waals surface area contributed by atoms with E-state index in [9.17, 15) is 4.39 Å². The molecule has 3 rings (SSSR count). The lowest BCUT2D eigenvalue weighted by Crippen LogP contribution is -2.43. The minimum atomic E-state index is -0.177. The Hall–Kier alpha value is -2.11. The van der Waals surface area contributed by atoms with Crippen molar-refractivity contribution in [1.29, 1.82) is 0 Å². The van der Waals surface area contributed by atoms with Gasteiger partial charge in [0.1, 0.15) is 5.82 Å². The third kappa shape index (κ3) is 3.48. The van der Waals surface area contributed by atoms with Gasteiger partial charge in [-0.3, -0.25) is 4.90 Å². The molecule has 0 unspecified atom stereocenters. The monoisotopic (exact) mass is 344 g/mol. The molecule has 0 aliphatic carbocycles. The number of halogens is 1. The summed E-state index contributed by atoms with van der Waals surface area (Å²) in [4.78, 5) is 2.25. The first kappa shape index (κ1) is 17.7. The van der Waals surface area contributed by atoms with Gasteiger partial charge in [0.15, 0.2) is 11.5 Å². The second-order valence-corrected chi connectivity index (χ2v) is 6.52. The van der Waals surface area contributed by atoms with Gasteiger partial charge >= 0.3 is 0 Å². The van der Waals surface area contributed by atoms with Gasteiger partial charge in [-0.15, -0.1) is 0 Å². The number of hydrogen-bond acceptors (Lipinski definition) is 4. The molecule has 0 bridgehead atoms. The number of nitrogens with zero attached hydrogens (tertiary/aromatic N) is 1. The Morgan fingerprint density at radius 1 is 1.20 bits per heavy atom. The maximum Gasteiger partial charge on any atom is 0.161 e. The van der Waals surface area contributed by atoms with E-state index in [-0.39, 0.29) is 17.9 Å². The van der Waals surface area contributed by atoms with E-state index in [1.54, 1.807) is 20.3 Å². The Bertz CT molecular complexity index is 748. The van der Waals surface area contributed by atoms with Gasteiger partial charge in [0.05, 0.1) is 20.3 Å². The fourth-order valence-corrected chi connectivity index (χ4v) is 3.67. The predicted molar refractivity (Wildman–Crippen MR) is 96.5 cm³/mol. The smallest absolute Gasteiger partial charge is 0.161 e. The SMILES string of the molecule is COc1cc2c(cc1OC)[C@H]([C@@H](C)N)N(Cc1ccccc1F)CC2. The van der Waals surface area contributed by atoms with Crippen LogP contribution in [0.25, 0.3) is 0 Å². The van der Waals surface area contributed by atoms with Crippen LogP contribution in [0.2, 0.25) is 0 Å². The fourth-order valence-electron chi connectivity index (χ4n) is 3.67. The van der Waals surface area contributed by atoms with E-state index in [1.165, 1.54) is 11.6 Å². The van der Waals surface area contributed by atoms with Gasteiger partial charge in [-0.25, -0.2) is 4.39 Å². The van der Waals surface area contributed by atoms with Crippen molar-refractivity contribution in [3.05, 3.63) is 58.9 Å². The molecular weight excluding hydrogens is 319 g/mol. The van der Waals surface area contributed by atoms with Gasteiger partial charge in [-0.05, 0) is 42.7 Å². The summed E-state index contributed by atoms with van der Waals surface area (Å²) in [5, 5.41) is 0. The van der Waals surface area contributed by atoms with Crippen LogP contribution in [0, 0.1) is 5.82 Å². The summed E-state index contributed by atoms with van der Waals surface area (Å²) in [6, 6.07) is 10.9. The number of benzene rings is 2. The molecule has 2 aromatic rings. The molecule has 1 heterocycles. The molecule has 25 heavy (non-hydrogen) atoms. The van der Waals surface area contributed by atoms with Crippen molar-refractivity contribution in [2.45, 2.75) is 32.0 Å². The topological polar surface area (TPSA) is 47.7 Å². The predicted octanol–water partition coefficient (Wildman–Crippen LogP) is 3.29. The maximum absolute atomic E-state index is 14.1. The molecule has 2 aromatic carbocycles. The zero-order valence-electron chi connectivity index (χ0n) is 15.0. The lowest BCUT2D eigenvalue weighted by molar-refractivity contribution is 0.154. The van der Waals surface area contributed by atoms with E-state index in [0.717, 1.165) is 24.3 Å². The highest BCUT2D eigenvalue weighted by Crippen LogP contribution is 2.39. The standard InChI is InChI=1S/C20H25FN2O2/c1-13(22)20-16-11-19(25-3)18(24-2)10-14(16)8-9-23(20)12-15-6-4-5-7-17(15)21/h4-7,10-11,13,20H,8-9,12,22H2,1-3H3/t13-,20+/m1/s1. The van der Waals surface area contributed by atoms with Crippen LogP contribution in [0.5, 0.6) is 11.5 Å². The maximum atomic E-state index is 14.1. The number of ether oxygens (including phenoxy) is 2. The van der Waals surface area contributed by atoms with Crippen LogP contribution in [0.1, 0.15) is 29.7 Å². The second-order valence-electron chi connectivity index (χ2n) is 6.52. The first-order chi connectivity index (χ1) is 12.0. The average molecular weight is 344 g/mol. The van der Waals surface area contributed by atoms with Crippen LogP contribution in [0.15, 0.2) is 36.4 Å². The van der Waals surface area contributed by atoms with Crippen LogP contribution in [-0.4, -0.2) is 31.7 Å². The van der Waals surface area contributed by atoms with Gasteiger partial charge in [-0.1, -0.05) is 18.2 Å². The largest absolute Gasteiger partial charge is 0.493 e. The lowest BCUT2D eigenvalue weighted by Gasteiger charge is -2.40. The molecule has 0 aromatic heterocycles. The van der Waals surface area contributed by atoms with E-state index in [1.807, 2.05) is 31.2 Å². The van der Waals surface area contributed by atoms with E-state index in [4.69, 9.17) is 15.2 Å². The molecule has 2 atom stereocenters. The normalized spacial score (nSPS) is 18.5. The number of hydrogen-bond donors (Lipinski definition) is 1. The minimum absolute atomic E-state index is 0.00293. The Morgan fingerprint density at radius 2 is 1.88 bits per heavy atom. The van der Waals surface area contributed by atoms with E-state index in [2.05, 4.69) is 4.90 Å². The molecule has 134 valence electrons. The quantitative estimate of drug-likeness (QED) is 0.904. The highest BCUT2D eigenvalue weighted by atomic mass is 19.1. The van der Waals surface area contributed by atoms with Crippen molar-refractivity contribution in [2.75, 3.05) is 20.8 Å². The number of methoxy groups -OCH3 is 2. The molecule has 0 amide bonds. The van der Waals surface area contributed by atoms with Crippen LogP contribution in [0.3, 0.4) is 0 Å². The van der Waals surface area contributed by atoms with Crippen LogP contribution < -0.4 is 15.2 Å². The second kappa shape index (κ2) is 7.42. The molecule has 4 nitrogen and oxygen atoms in total. The third-order valence-corrected chi connectivity index (χ3v) is 4.86. The van der Waals surface area contributed by atoms with Crippen molar-refractivity contribution >= 4 is 0 Å². The molecule has 0 saturated carbocycles. The van der Waals surface area contributed by atoms with Gasteiger partial charge in [-0.2, -0.15) is 0 Å². The average Bonchev–Trinajstić information content (AvgIpc) is 2.61. The molecular formula is C20H25FN2O2. The first-order valence-electron chi connectivity index (χ1n) is 8.53. The lowest BCUT2D eigenvalue weighted by atomic mass is 9.88. The van der Waals surface area contributed by atoms with E-state index >= 15 is 0 Å². The molecule has 1 aliphatic rings. The zero-order chi connectivity index (χ0) is 18.0. The molecule has 2 N–H and O–H groups in total. The summed E-state index contributed by atoms with van der Waals surface area (Å²) in [5.74, 6) is 1.25. The van der Waals surface area contributed by atoms with Crippen molar-refractivity contribution in [3.63, 3.8) is 0 Å². The van der Waals surface area contributed by atoms with Crippen molar-refractivity contribution in [3.8, 4) is 11.5 Å². The summed E-state index contributed by atoms with van der Waals surface area (Å²) in [7, 11) is 3.27. The Kier molecular flexibility index (Phi) is 5.25. The third-order valence-electron chi connectivity index (χ3n) is 4.86. The van der Waals surface area contributed by atoms with Gasteiger partial charge in [0.25, 0.3) is 0 Å². The highest BCUT2D eigenvalue weighted by Gasteiger charge is 2.31. The van der Waals surface area contributed by atoms with Gasteiger partial charge in [0, 0.05) is 24.7 Å². The van der Waals surface area contributed by atoms with E-state index in [0.29, 0.717) is 17.9 Å². The number of fused-ring (bicyclic) bond motifs is 1. The minimum Gasteiger partial charge on any atom is -0.493 e. The van der Waals surface area contributed by atoms with Crippen LogP contribution >= 0.6 is 0 Å². The Balaban J connectivity index is 1.98. The molecule has 0 saturated heterocycles. The van der Waals surface area contributed by atoms with Gasteiger partial charge < -0.3 is 15.2 Å². The highest BCUT2D eigenvalue weighted by molar-refractivity contribution is 5.49. The summed E-state index contributed by atoms with van der Waals surface area (Å²) in [6.07, 6.45) is 0.868. The molecule has 0 spiro atoms. The van der Waals surface area contributed by atoms with Gasteiger partial charge in [0.2, 0.25) is 0 Å². The summed E-state index contributed by atoms with van der Waals surface area (Å²) >= 11 is 0. The Labute approximate surface area is 148 Å². The summed E-state index contributed by atoms with van der Waals surface area (Å²) < 4.78 is 25.0. The van der Waals surface area contributed by atoms with E-state index < -0.39 is 0 Å². The zero-order valence-corrected chi connectivity index (χ0v) is 15.0. The first-order valence-corrected chi connectivity index (χ1v) is 8.53. The van der Waals surface area contributed by atoms with Crippen molar-refractivity contribution < 1.29 is 13.9 Å². The summed E-state index contributed by atoms with van der Waals surface area (Å²) in [6.45, 7) is 3.35. The molecule has 0 fully saturated rings. The fraction of sp³-hybridized carbons (Fsp3) is 0.400. The van der Waals surface area contributed by atoms with Crippen molar-refractivity contribution in [1.82, 2.24) is 4.90 Å². The Morgan fingerprint density at radius 3 is 2.52 bits per heavy atom. The molecule has 5 heteroatoms. The van der Waals surface area contributed by atoms with Crippen LogP contribution in [-0.2, 0) is 13.0 Å². The van der Waals surface area contributed by atoms with Crippen LogP contribution in [0.4, 0.5) is 4.39 Å².